The molecule has 2 aromatic carbocycles. The fourth-order valence-electron chi connectivity index (χ4n) is 1.64. The van der Waals surface area contributed by atoms with Crippen LogP contribution in [0.25, 0.3) is 0 Å². The Hall–Kier alpha value is -1.18. The topological polar surface area (TPSA) is 66.4 Å². The third-order valence-corrected chi connectivity index (χ3v) is 4.50. The lowest BCUT2D eigenvalue weighted by Gasteiger charge is -2.09. The van der Waals surface area contributed by atoms with Crippen molar-refractivity contribution in [2.45, 2.75) is 0 Å². The molecule has 0 atom stereocenters. The van der Waals surface area contributed by atoms with E-state index in [1.165, 1.54) is 6.07 Å². The van der Waals surface area contributed by atoms with Gasteiger partial charge in [0.25, 0.3) is 5.91 Å². The highest BCUT2D eigenvalue weighted by Gasteiger charge is 2.13. The third kappa shape index (κ3) is 3.93. The largest absolute Gasteiger partial charge is 0.478 e. The van der Waals surface area contributed by atoms with Crippen molar-refractivity contribution in [1.29, 1.82) is 0 Å². The molecule has 1 amide bonds. The van der Waals surface area contributed by atoms with Gasteiger partial charge in [-0.25, -0.2) is 4.79 Å². The van der Waals surface area contributed by atoms with E-state index in [-0.39, 0.29) is 11.5 Å². The number of carboxylic acids is 1. The Morgan fingerprint density at radius 2 is 1.52 bits per heavy atom. The van der Waals surface area contributed by atoms with Crippen molar-refractivity contribution in [2.24, 2.45) is 0 Å². The Labute approximate surface area is 145 Å². The SMILES string of the molecule is O=C(O)c1cc(NC(=O)c2cc(Br)ccc2Br)ccc1Br. The standard InChI is InChI=1S/C14H8Br3NO3/c15-7-1-3-11(16)9(5-7)13(19)18-8-2-4-12(17)10(6-8)14(20)21/h1-6H,(H,18,19)(H,20,21). The molecule has 0 aliphatic carbocycles. The first kappa shape index (κ1) is 16.2. The Bertz CT molecular complexity index is 731. The van der Waals surface area contributed by atoms with E-state index in [9.17, 15) is 9.59 Å². The number of nitrogens with one attached hydrogen (secondary N) is 1. The summed E-state index contributed by atoms with van der Waals surface area (Å²) in [5, 5.41) is 11.7. The van der Waals surface area contributed by atoms with Gasteiger partial charge in [-0.1, -0.05) is 15.9 Å². The molecule has 0 saturated carbocycles. The van der Waals surface area contributed by atoms with Gasteiger partial charge in [0.2, 0.25) is 0 Å². The second-order valence-corrected chi connectivity index (χ2v) is 6.70. The molecule has 0 bridgehead atoms. The zero-order valence-electron chi connectivity index (χ0n) is 10.4. The maximum Gasteiger partial charge on any atom is 0.336 e. The summed E-state index contributed by atoms with van der Waals surface area (Å²) in [5.41, 5.74) is 0.942. The third-order valence-electron chi connectivity index (χ3n) is 2.63. The Morgan fingerprint density at radius 3 is 2.19 bits per heavy atom. The van der Waals surface area contributed by atoms with E-state index in [1.54, 1.807) is 24.3 Å². The molecule has 4 nitrogen and oxygen atoms in total. The van der Waals surface area contributed by atoms with Crippen molar-refractivity contribution >= 4 is 65.4 Å². The van der Waals surface area contributed by atoms with Gasteiger partial charge < -0.3 is 10.4 Å². The minimum Gasteiger partial charge on any atom is -0.478 e. The van der Waals surface area contributed by atoms with Crippen molar-refractivity contribution in [1.82, 2.24) is 0 Å². The summed E-state index contributed by atoms with van der Waals surface area (Å²) in [7, 11) is 0. The molecule has 0 aliphatic rings. The van der Waals surface area contributed by atoms with Crippen LogP contribution in [0.4, 0.5) is 5.69 Å². The van der Waals surface area contributed by atoms with Gasteiger partial charge in [0.15, 0.2) is 0 Å². The maximum absolute atomic E-state index is 12.2. The number of hydrogen-bond donors (Lipinski definition) is 2. The maximum atomic E-state index is 12.2. The minimum absolute atomic E-state index is 0.0844. The van der Waals surface area contributed by atoms with Crippen LogP contribution >= 0.6 is 47.8 Å². The molecule has 108 valence electrons. The Balaban J connectivity index is 2.29. The van der Waals surface area contributed by atoms with Crippen molar-refractivity contribution in [3.8, 4) is 0 Å². The summed E-state index contributed by atoms with van der Waals surface area (Å²) >= 11 is 9.77. The number of aromatic carboxylic acids is 1. The van der Waals surface area contributed by atoms with Gasteiger partial charge >= 0.3 is 5.97 Å². The van der Waals surface area contributed by atoms with E-state index < -0.39 is 5.97 Å². The van der Waals surface area contributed by atoms with Gasteiger partial charge in [-0.15, -0.1) is 0 Å². The summed E-state index contributed by atoms with van der Waals surface area (Å²) in [6.07, 6.45) is 0. The first-order chi connectivity index (χ1) is 9.88. The average Bonchev–Trinajstić information content (AvgIpc) is 2.43. The molecule has 0 aromatic heterocycles. The van der Waals surface area contributed by atoms with E-state index in [1.807, 2.05) is 6.07 Å². The first-order valence-electron chi connectivity index (χ1n) is 5.67. The van der Waals surface area contributed by atoms with Gasteiger partial charge in [0.05, 0.1) is 11.1 Å². The summed E-state index contributed by atoms with van der Waals surface area (Å²) in [6.45, 7) is 0. The van der Waals surface area contributed by atoms with E-state index in [2.05, 4.69) is 53.1 Å². The lowest BCUT2D eigenvalue weighted by Crippen LogP contribution is -2.13. The molecule has 21 heavy (non-hydrogen) atoms. The molecule has 2 rings (SSSR count). The molecule has 2 N–H and O–H groups in total. The normalized spacial score (nSPS) is 10.2. The second kappa shape index (κ2) is 6.72. The molecule has 0 spiro atoms. The Morgan fingerprint density at radius 1 is 0.905 bits per heavy atom. The molecule has 0 saturated heterocycles. The monoisotopic (exact) mass is 475 g/mol. The number of amides is 1. The van der Waals surface area contributed by atoms with Crippen molar-refractivity contribution < 1.29 is 14.7 Å². The van der Waals surface area contributed by atoms with Crippen molar-refractivity contribution in [3.63, 3.8) is 0 Å². The Kier molecular flexibility index (Phi) is 5.18. The number of carboxylic acid groups (broad SMARTS) is 1. The number of benzene rings is 2. The van der Waals surface area contributed by atoms with Crippen LogP contribution in [0.2, 0.25) is 0 Å². The van der Waals surface area contributed by atoms with Gasteiger partial charge in [-0.3, -0.25) is 4.79 Å². The first-order valence-corrected chi connectivity index (χ1v) is 8.05. The molecule has 0 unspecified atom stereocenters. The summed E-state index contributed by atoms with van der Waals surface area (Å²) in [6, 6.07) is 9.84. The number of hydrogen-bond acceptors (Lipinski definition) is 2. The van der Waals surface area contributed by atoms with E-state index in [4.69, 9.17) is 5.11 Å². The predicted molar refractivity (Wildman–Crippen MR) is 90.9 cm³/mol. The van der Waals surface area contributed by atoms with Crippen LogP contribution < -0.4 is 5.32 Å². The van der Waals surface area contributed by atoms with Gasteiger partial charge in [0, 0.05) is 19.1 Å². The predicted octanol–water partition coefficient (Wildman–Crippen LogP) is 4.92. The molecule has 0 aliphatic heterocycles. The second-order valence-electron chi connectivity index (χ2n) is 4.08. The van der Waals surface area contributed by atoms with Gasteiger partial charge in [-0.2, -0.15) is 0 Å². The highest BCUT2D eigenvalue weighted by atomic mass is 79.9. The minimum atomic E-state index is -1.07. The molecule has 7 heteroatoms. The van der Waals surface area contributed by atoms with Crippen LogP contribution in [0.3, 0.4) is 0 Å². The highest BCUT2D eigenvalue weighted by Crippen LogP contribution is 2.24. The summed E-state index contributed by atoms with van der Waals surface area (Å²) in [5.74, 6) is -1.40. The van der Waals surface area contributed by atoms with Crippen molar-refractivity contribution in [3.05, 3.63) is 60.9 Å². The van der Waals surface area contributed by atoms with Crippen LogP contribution in [0.5, 0.6) is 0 Å². The molecule has 0 radical (unpaired) electrons. The number of carbonyl (C=O) groups is 2. The smallest absolute Gasteiger partial charge is 0.336 e. The van der Waals surface area contributed by atoms with Crippen LogP contribution in [0.15, 0.2) is 49.8 Å². The van der Waals surface area contributed by atoms with Crippen LogP contribution in [-0.2, 0) is 0 Å². The van der Waals surface area contributed by atoms with Crippen molar-refractivity contribution in [2.75, 3.05) is 5.32 Å². The summed E-state index contributed by atoms with van der Waals surface area (Å²) < 4.78 is 1.88. The molecule has 0 fully saturated rings. The van der Waals surface area contributed by atoms with Crippen LogP contribution in [-0.4, -0.2) is 17.0 Å². The quantitative estimate of drug-likeness (QED) is 0.659. The van der Waals surface area contributed by atoms with E-state index in [0.717, 1.165) is 4.47 Å². The van der Waals surface area contributed by atoms with Crippen LogP contribution in [0.1, 0.15) is 20.7 Å². The van der Waals surface area contributed by atoms with Crippen LogP contribution in [0, 0.1) is 0 Å². The average molecular weight is 478 g/mol. The van der Waals surface area contributed by atoms with E-state index in [0.29, 0.717) is 20.2 Å². The lowest BCUT2D eigenvalue weighted by molar-refractivity contribution is 0.0695. The zero-order chi connectivity index (χ0) is 15.6. The zero-order valence-corrected chi connectivity index (χ0v) is 15.1. The molecular formula is C14H8Br3NO3. The van der Waals surface area contributed by atoms with Gasteiger partial charge in [-0.05, 0) is 68.3 Å². The number of rotatable bonds is 3. The lowest BCUT2D eigenvalue weighted by atomic mass is 10.1. The highest BCUT2D eigenvalue weighted by molar-refractivity contribution is 9.11. The van der Waals surface area contributed by atoms with Gasteiger partial charge in [0.1, 0.15) is 0 Å². The number of anilines is 1. The molecule has 0 heterocycles. The fraction of sp³-hybridized carbons (Fsp3) is 0. The molecule has 2 aromatic rings. The number of halogens is 3. The summed E-state index contributed by atoms with van der Waals surface area (Å²) in [4.78, 5) is 23.3. The fourth-order valence-corrected chi connectivity index (χ4v) is 2.84. The van der Waals surface area contributed by atoms with E-state index >= 15 is 0 Å². The number of carbonyl (C=O) groups excluding carboxylic acids is 1. The molecular weight excluding hydrogens is 470 g/mol.